The minimum absolute atomic E-state index is 0.243. The summed E-state index contributed by atoms with van der Waals surface area (Å²) in [5, 5.41) is 12.3. The molecule has 330 valence electrons. The fraction of sp³-hybridized carbons (Fsp3) is 0.212. The lowest BCUT2D eigenvalue weighted by Crippen LogP contribution is -2.56. The summed E-state index contributed by atoms with van der Waals surface area (Å²) in [4.78, 5) is 52.3. The first-order chi connectivity index (χ1) is 30.9. The molecule has 0 bridgehead atoms. The summed E-state index contributed by atoms with van der Waals surface area (Å²) in [7, 11) is 3.17. The van der Waals surface area contributed by atoms with Gasteiger partial charge in [0, 0.05) is 21.5 Å². The van der Waals surface area contributed by atoms with Crippen LogP contribution in [0.15, 0.2) is 150 Å². The van der Waals surface area contributed by atoms with Crippen LogP contribution in [0.25, 0.3) is 9.69 Å². The number of rotatable bonds is 7. The van der Waals surface area contributed by atoms with Gasteiger partial charge in [0.1, 0.15) is 17.0 Å². The molecule has 13 heteroatoms. The van der Waals surface area contributed by atoms with Crippen molar-refractivity contribution in [1.82, 2.24) is 0 Å². The Kier molecular flexibility index (Phi) is 13.8. The van der Waals surface area contributed by atoms with Crippen LogP contribution < -0.4 is 29.1 Å². The number of imide groups is 1. The fourth-order valence-corrected chi connectivity index (χ4v) is 8.15. The molecule has 2 saturated heterocycles. The predicted molar refractivity (Wildman–Crippen MR) is 259 cm³/mol. The van der Waals surface area contributed by atoms with Crippen LogP contribution in [0.1, 0.15) is 44.4 Å². The number of amides is 5. The lowest BCUT2D eigenvalue weighted by Gasteiger charge is -2.43. The molecule has 0 spiro atoms. The Hall–Kier alpha value is -7.45. The number of aryl methyl sites for hydroxylation is 2. The highest BCUT2D eigenvalue weighted by Gasteiger charge is 2.64. The molecule has 12 nitrogen and oxygen atoms in total. The zero-order chi connectivity index (χ0) is 47.3. The Morgan fingerprint density at radius 3 is 1.45 bits per heavy atom. The average molecular weight is 934 g/mol. The third-order valence-electron chi connectivity index (χ3n) is 11.3. The topological polar surface area (TPSA) is 112 Å². The summed E-state index contributed by atoms with van der Waals surface area (Å²) in [5.41, 5.74) is 2.33. The van der Waals surface area contributed by atoms with Crippen molar-refractivity contribution in [3.63, 3.8) is 0 Å². The van der Waals surface area contributed by atoms with Crippen LogP contribution in [-0.4, -0.2) is 48.4 Å². The first-order valence-electron chi connectivity index (χ1n) is 20.5. The van der Waals surface area contributed by atoms with Crippen LogP contribution in [-0.2, 0) is 10.5 Å². The van der Waals surface area contributed by atoms with E-state index < -0.39 is 16.8 Å². The van der Waals surface area contributed by atoms with Gasteiger partial charge in [0.15, 0.2) is 17.1 Å². The number of carbonyl (C=O) groups is 3. The molecular formula is C52H49BrN6O6. The second-order valence-corrected chi connectivity index (χ2v) is 17.2. The van der Waals surface area contributed by atoms with Gasteiger partial charge in [0.05, 0.1) is 38.6 Å². The number of aliphatic hydroxyl groups is 1. The number of urea groups is 2. The molecule has 1 atom stereocenters. The molecule has 0 radical (unpaired) electrons. The smallest absolute Gasteiger partial charge is 0.336 e. The number of benzene rings is 6. The van der Waals surface area contributed by atoms with E-state index in [-0.39, 0.29) is 18.0 Å². The molecular weight excluding hydrogens is 885 g/mol. The van der Waals surface area contributed by atoms with Gasteiger partial charge < -0.3 is 14.6 Å². The molecule has 2 aliphatic rings. The maximum atomic E-state index is 13.9. The van der Waals surface area contributed by atoms with Crippen molar-refractivity contribution in [3.8, 4) is 11.5 Å². The summed E-state index contributed by atoms with van der Waals surface area (Å²) in [6, 6.07) is 42.5. The van der Waals surface area contributed by atoms with Gasteiger partial charge in [0.25, 0.3) is 5.91 Å². The van der Waals surface area contributed by atoms with E-state index in [0.29, 0.717) is 51.2 Å². The molecule has 0 aliphatic carbocycles. The van der Waals surface area contributed by atoms with Crippen LogP contribution in [0, 0.1) is 27.0 Å². The Bertz CT molecular complexity index is 2780. The van der Waals surface area contributed by atoms with E-state index >= 15 is 0 Å². The van der Waals surface area contributed by atoms with Gasteiger partial charge in [-0.15, -0.1) is 0 Å². The van der Waals surface area contributed by atoms with Crippen LogP contribution >= 0.6 is 15.9 Å². The lowest BCUT2D eigenvalue weighted by atomic mass is 9.83. The number of ether oxygens (including phenoxy) is 2. The molecule has 2 aliphatic heterocycles. The minimum Gasteiger partial charge on any atom is -0.497 e. The molecule has 6 aromatic carbocycles. The van der Waals surface area contributed by atoms with E-state index in [1.54, 1.807) is 130 Å². The number of hydrogen-bond acceptors (Lipinski definition) is 6. The SMILES string of the molecule is COc1ccc(N2C(=O)N(c3ccc(C)cc3)C(=O)C2(C)C)cc1.[C-]#[N+]c1cccc(Br)c1.[C-]#[N+]c1cccc(C2(O)N(c3ccc(C)cc3)C(=O)N(c3ccc(OC)cc3)C2(C)C)c1. The van der Waals surface area contributed by atoms with Crippen LogP contribution in [0.4, 0.5) is 43.7 Å². The Balaban J connectivity index is 0.000000186. The highest BCUT2D eigenvalue weighted by atomic mass is 79.9. The monoisotopic (exact) mass is 932 g/mol. The predicted octanol–water partition coefficient (Wildman–Crippen LogP) is 12.4. The summed E-state index contributed by atoms with van der Waals surface area (Å²) < 4.78 is 11.4. The van der Waals surface area contributed by atoms with Crippen molar-refractivity contribution in [1.29, 1.82) is 0 Å². The van der Waals surface area contributed by atoms with Gasteiger partial charge in [-0.2, -0.15) is 0 Å². The number of nitrogens with zero attached hydrogens (tertiary/aromatic N) is 6. The normalized spacial score (nSPS) is 17.0. The first kappa shape index (κ1) is 47.0. The van der Waals surface area contributed by atoms with Crippen molar-refractivity contribution in [3.05, 3.63) is 190 Å². The van der Waals surface area contributed by atoms with Gasteiger partial charge in [-0.3, -0.25) is 19.5 Å². The van der Waals surface area contributed by atoms with Crippen molar-refractivity contribution in [2.75, 3.05) is 33.8 Å². The van der Waals surface area contributed by atoms with Crippen LogP contribution in [0.2, 0.25) is 0 Å². The van der Waals surface area contributed by atoms with E-state index in [2.05, 4.69) is 25.6 Å². The molecule has 0 aromatic heterocycles. The molecule has 2 fully saturated rings. The number of carbonyl (C=O) groups excluding carboxylic acids is 3. The lowest BCUT2D eigenvalue weighted by molar-refractivity contribution is -0.120. The van der Waals surface area contributed by atoms with Crippen molar-refractivity contribution in [2.45, 2.75) is 58.3 Å². The quantitative estimate of drug-likeness (QED) is 0.126. The Morgan fingerprint density at radius 2 is 0.985 bits per heavy atom. The van der Waals surface area contributed by atoms with Crippen molar-refractivity contribution in [2.24, 2.45) is 0 Å². The zero-order valence-electron chi connectivity index (χ0n) is 37.4. The fourth-order valence-electron chi connectivity index (χ4n) is 7.76. The third-order valence-corrected chi connectivity index (χ3v) is 11.8. The number of hydrogen-bond donors (Lipinski definition) is 1. The molecule has 1 unspecified atom stereocenters. The van der Waals surface area contributed by atoms with Gasteiger partial charge in [-0.1, -0.05) is 87.7 Å². The molecule has 0 saturated carbocycles. The van der Waals surface area contributed by atoms with E-state index in [1.165, 1.54) is 14.7 Å². The number of methoxy groups -OCH3 is 2. The van der Waals surface area contributed by atoms with E-state index in [0.717, 1.165) is 15.6 Å². The van der Waals surface area contributed by atoms with Crippen molar-refractivity contribution >= 4 is 68.0 Å². The van der Waals surface area contributed by atoms with Gasteiger partial charge in [-0.25, -0.2) is 24.2 Å². The van der Waals surface area contributed by atoms with Gasteiger partial charge in [-0.05, 0) is 132 Å². The second kappa shape index (κ2) is 19.1. The van der Waals surface area contributed by atoms with Crippen molar-refractivity contribution < 1.29 is 29.0 Å². The summed E-state index contributed by atoms with van der Waals surface area (Å²) in [5.74, 6) is 1.13. The summed E-state index contributed by atoms with van der Waals surface area (Å²) >= 11 is 3.26. The van der Waals surface area contributed by atoms with E-state index in [1.807, 2.05) is 76.2 Å². The second-order valence-electron chi connectivity index (χ2n) is 16.3. The molecule has 2 heterocycles. The molecule has 65 heavy (non-hydrogen) atoms. The van der Waals surface area contributed by atoms with E-state index in [4.69, 9.17) is 22.6 Å². The third kappa shape index (κ3) is 9.16. The van der Waals surface area contributed by atoms with Gasteiger partial charge >= 0.3 is 12.1 Å². The maximum Gasteiger partial charge on any atom is 0.336 e. The van der Waals surface area contributed by atoms with Crippen LogP contribution in [0.3, 0.4) is 0 Å². The number of anilines is 4. The zero-order valence-corrected chi connectivity index (χ0v) is 39.0. The Morgan fingerprint density at radius 1 is 0.554 bits per heavy atom. The Labute approximate surface area is 388 Å². The largest absolute Gasteiger partial charge is 0.497 e. The highest BCUT2D eigenvalue weighted by molar-refractivity contribution is 9.10. The molecule has 5 amide bonds. The molecule has 8 rings (SSSR count). The maximum absolute atomic E-state index is 13.9. The van der Waals surface area contributed by atoms with E-state index in [9.17, 15) is 19.5 Å². The summed E-state index contributed by atoms with van der Waals surface area (Å²) in [6.45, 7) is 25.1. The standard InChI is InChI=1S/C26H25N3O3.C19H20N2O3.C7H4BrN/c1-18-9-11-22(12-10-18)29-24(30)28(21-13-15-23(32-5)16-14-21)25(2,3)26(29,31)19-7-6-8-20(17-19)27-4;1-13-5-7-14(8-6-13)20-17(22)19(2,3)21(18(20)23)15-9-11-16(24-4)12-10-15;1-9-7-4-2-3-6(8)5-7/h6-17,31H,1-3,5H3;5-12H,1-4H3;2-5H. The number of halogens is 1. The minimum atomic E-state index is -1.74. The summed E-state index contributed by atoms with van der Waals surface area (Å²) in [6.07, 6.45) is 0. The molecule has 6 aromatic rings. The highest BCUT2D eigenvalue weighted by Crippen LogP contribution is 2.51. The van der Waals surface area contributed by atoms with Crippen LogP contribution in [0.5, 0.6) is 11.5 Å². The first-order valence-corrected chi connectivity index (χ1v) is 21.3. The average Bonchev–Trinajstić information content (AvgIpc) is 3.59. The molecule has 1 N–H and O–H groups in total. The van der Waals surface area contributed by atoms with Gasteiger partial charge in [0.2, 0.25) is 0 Å².